The first kappa shape index (κ1) is 13.3. The van der Waals surface area contributed by atoms with Crippen LogP contribution in [0.15, 0.2) is 0 Å². The predicted octanol–water partition coefficient (Wildman–Crippen LogP) is 1.13. The lowest BCUT2D eigenvalue weighted by atomic mass is 9.96. The first-order chi connectivity index (χ1) is 8.59. The summed E-state index contributed by atoms with van der Waals surface area (Å²) in [6.45, 7) is 4.07. The number of ether oxygens (including phenoxy) is 1. The molecule has 5 heteroatoms. The average Bonchev–Trinajstić information content (AvgIpc) is 3.17. The van der Waals surface area contributed by atoms with E-state index in [0.29, 0.717) is 32.7 Å². The van der Waals surface area contributed by atoms with Gasteiger partial charge in [0, 0.05) is 19.7 Å². The number of carboxylic acid groups (broad SMARTS) is 1. The molecular weight excluding hydrogens is 234 g/mol. The number of carbonyl (C=O) groups excluding carboxylic acids is 1. The van der Waals surface area contributed by atoms with Crippen LogP contribution < -0.4 is 0 Å². The summed E-state index contributed by atoms with van der Waals surface area (Å²) in [4.78, 5) is 25.1. The fourth-order valence-corrected chi connectivity index (χ4v) is 2.57. The Morgan fingerprint density at radius 2 is 2.17 bits per heavy atom. The van der Waals surface area contributed by atoms with Gasteiger partial charge in [-0.05, 0) is 32.6 Å². The zero-order valence-electron chi connectivity index (χ0n) is 10.9. The molecule has 1 saturated heterocycles. The third-order valence-corrected chi connectivity index (χ3v) is 3.95. The first-order valence-corrected chi connectivity index (χ1v) is 6.69. The molecule has 5 nitrogen and oxygen atoms in total. The van der Waals surface area contributed by atoms with Crippen LogP contribution in [0.4, 0.5) is 0 Å². The summed E-state index contributed by atoms with van der Waals surface area (Å²) in [5.74, 6) is -1.09. The van der Waals surface area contributed by atoms with Crippen molar-refractivity contribution < 1.29 is 19.4 Å². The van der Waals surface area contributed by atoms with Gasteiger partial charge in [0.05, 0.1) is 17.9 Å². The topological polar surface area (TPSA) is 66.8 Å². The number of hydrogen-bond acceptors (Lipinski definition) is 3. The standard InChI is InChI=1S/C13H21NO4/c1-2-18-9-13(5-6-13)12(17)14-7-3-4-10(8-14)11(15)16/h10H,2-9H2,1H3,(H,15,16)/t10-/m0/s1. The van der Waals surface area contributed by atoms with Crippen molar-refractivity contribution in [2.75, 3.05) is 26.3 Å². The van der Waals surface area contributed by atoms with Gasteiger partial charge < -0.3 is 14.7 Å². The van der Waals surface area contributed by atoms with Crippen molar-refractivity contribution in [1.29, 1.82) is 0 Å². The molecule has 1 atom stereocenters. The fourth-order valence-electron chi connectivity index (χ4n) is 2.57. The molecular formula is C13H21NO4. The third-order valence-electron chi connectivity index (χ3n) is 3.95. The third kappa shape index (κ3) is 2.66. The highest BCUT2D eigenvalue weighted by molar-refractivity contribution is 5.86. The Hall–Kier alpha value is -1.10. The molecule has 102 valence electrons. The number of rotatable bonds is 5. The molecule has 2 fully saturated rings. The molecule has 1 heterocycles. The quantitative estimate of drug-likeness (QED) is 0.799. The van der Waals surface area contributed by atoms with Crippen LogP contribution in [0.2, 0.25) is 0 Å². The van der Waals surface area contributed by atoms with E-state index in [1.165, 1.54) is 0 Å². The Bertz CT molecular complexity index is 338. The maximum absolute atomic E-state index is 12.4. The van der Waals surface area contributed by atoms with E-state index < -0.39 is 11.9 Å². The van der Waals surface area contributed by atoms with Gasteiger partial charge in [-0.2, -0.15) is 0 Å². The van der Waals surface area contributed by atoms with Crippen LogP contribution in [0, 0.1) is 11.3 Å². The van der Waals surface area contributed by atoms with E-state index in [0.717, 1.165) is 19.3 Å². The molecule has 1 aliphatic carbocycles. The van der Waals surface area contributed by atoms with Crippen LogP contribution in [0.1, 0.15) is 32.6 Å². The van der Waals surface area contributed by atoms with Crippen LogP contribution >= 0.6 is 0 Å². The van der Waals surface area contributed by atoms with Crippen LogP contribution in [-0.2, 0) is 14.3 Å². The number of carboxylic acids is 1. The second-order valence-corrected chi connectivity index (χ2v) is 5.35. The summed E-state index contributed by atoms with van der Waals surface area (Å²) in [5.41, 5.74) is -0.337. The van der Waals surface area contributed by atoms with Crippen molar-refractivity contribution in [1.82, 2.24) is 4.90 Å². The molecule has 0 spiro atoms. The Morgan fingerprint density at radius 3 is 2.72 bits per heavy atom. The van der Waals surface area contributed by atoms with Crippen LogP contribution in [0.25, 0.3) is 0 Å². The number of carbonyl (C=O) groups is 2. The summed E-state index contributed by atoms with van der Waals surface area (Å²) < 4.78 is 5.38. The van der Waals surface area contributed by atoms with Crippen LogP contribution in [0.3, 0.4) is 0 Å². The molecule has 0 aromatic carbocycles. The molecule has 0 unspecified atom stereocenters. The minimum atomic E-state index is -0.790. The monoisotopic (exact) mass is 255 g/mol. The highest BCUT2D eigenvalue weighted by Crippen LogP contribution is 2.47. The number of piperidine rings is 1. The summed E-state index contributed by atoms with van der Waals surface area (Å²) >= 11 is 0. The van der Waals surface area contributed by atoms with Gasteiger partial charge in [-0.1, -0.05) is 0 Å². The van der Waals surface area contributed by atoms with Gasteiger partial charge in [-0.25, -0.2) is 0 Å². The molecule has 1 N–H and O–H groups in total. The van der Waals surface area contributed by atoms with Crippen molar-refractivity contribution in [2.45, 2.75) is 32.6 Å². The predicted molar refractivity (Wildman–Crippen MR) is 65.1 cm³/mol. The molecule has 0 radical (unpaired) electrons. The minimum absolute atomic E-state index is 0.0990. The molecule has 2 aliphatic rings. The summed E-state index contributed by atoms with van der Waals surface area (Å²) in [5, 5.41) is 9.04. The van der Waals surface area contributed by atoms with Gasteiger partial charge in [-0.3, -0.25) is 9.59 Å². The number of likely N-dealkylation sites (tertiary alicyclic amines) is 1. The van der Waals surface area contributed by atoms with E-state index in [-0.39, 0.29) is 11.3 Å². The smallest absolute Gasteiger partial charge is 0.308 e. The molecule has 0 aromatic heterocycles. The highest BCUT2D eigenvalue weighted by atomic mass is 16.5. The molecule has 1 aliphatic heterocycles. The van der Waals surface area contributed by atoms with Crippen molar-refractivity contribution in [3.8, 4) is 0 Å². The van der Waals surface area contributed by atoms with Crippen molar-refractivity contribution in [3.05, 3.63) is 0 Å². The number of hydrogen-bond donors (Lipinski definition) is 1. The van der Waals surface area contributed by atoms with E-state index in [2.05, 4.69) is 0 Å². The van der Waals surface area contributed by atoms with Gasteiger partial charge in [0.15, 0.2) is 0 Å². The lowest BCUT2D eigenvalue weighted by Gasteiger charge is -2.33. The van der Waals surface area contributed by atoms with Gasteiger partial charge in [0.25, 0.3) is 0 Å². The van der Waals surface area contributed by atoms with E-state index in [1.807, 2.05) is 6.92 Å². The zero-order chi connectivity index (χ0) is 13.2. The molecule has 0 bridgehead atoms. The van der Waals surface area contributed by atoms with Gasteiger partial charge >= 0.3 is 5.97 Å². The lowest BCUT2D eigenvalue weighted by Crippen LogP contribution is -2.46. The van der Waals surface area contributed by atoms with Crippen LogP contribution in [0.5, 0.6) is 0 Å². The zero-order valence-corrected chi connectivity index (χ0v) is 10.9. The molecule has 2 rings (SSSR count). The van der Waals surface area contributed by atoms with Crippen LogP contribution in [-0.4, -0.2) is 48.2 Å². The second kappa shape index (κ2) is 5.26. The second-order valence-electron chi connectivity index (χ2n) is 5.35. The van der Waals surface area contributed by atoms with Gasteiger partial charge in [0.1, 0.15) is 0 Å². The summed E-state index contributed by atoms with van der Waals surface area (Å²) in [7, 11) is 0. The Kier molecular flexibility index (Phi) is 3.90. The van der Waals surface area contributed by atoms with Crippen molar-refractivity contribution in [3.63, 3.8) is 0 Å². The maximum Gasteiger partial charge on any atom is 0.308 e. The molecule has 1 saturated carbocycles. The van der Waals surface area contributed by atoms with Crippen molar-refractivity contribution in [2.24, 2.45) is 11.3 Å². The van der Waals surface area contributed by atoms with Gasteiger partial charge in [-0.15, -0.1) is 0 Å². The highest BCUT2D eigenvalue weighted by Gasteiger charge is 2.52. The Balaban J connectivity index is 1.94. The number of amides is 1. The molecule has 18 heavy (non-hydrogen) atoms. The lowest BCUT2D eigenvalue weighted by molar-refractivity contribution is -0.148. The van der Waals surface area contributed by atoms with Gasteiger partial charge in [0.2, 0.25) is 5.91 Å². The van der Waals surface area contributed by atoms with E-state index in [9.17, 15) is 9.59 Å². The Labute approximate surface area is 107 Å². The summed E-state index contributed by atoms with van der Waals surface area (Å²) in [6, 6.07) is 0. The SMILES string of the molecule is CCOCC1(C(=O)N2CCC[C@H](C(=O)O)C2)CC1. The summed E-state index contributed by atoms with van der Waals surface area (Å²) in [6.07, 6.45) is 3.21. The fraction of sp³-hybridized carbons (Fsp3) is 0.846. The first-order valence-electron chi connectivity index (χ1n) is 6.69. The number of aliphatic carboxylic acids is 1. The Morgan fingerprint density at radius 1 is 1.44 bits per heavy atom. The van der Waals surface area contributed by atoms with Crippen molar-refractivity contribution >= 4 is 11.9 Å². The van der Waals surface area contributed by atoms with E-state index in [1.54, 1.807) is 4.90 Å². The molecule has 1 amide bonds. The average molecular weight is 255 g/mol. The normalized spacial score (nSPS) is 25.8. The minimum Gasteiger partial charge on any atom is -0.481 e. The molecule has 0 aromatic rings. The van der Waals surface area contributed by atoms with E-state index >= 15 is 0 Å². The largest absolute Gasteiger partial charge is 0.481 e. The van der Waals surface area contributed by atoms with E-state index in [4.69, 9.17) is 9.84 Å². The number of nitrogens with zero attached hydrogens (tertiary/aromatic N) is 1. The maximum atomic E-state index is 12.4.